The zero-order valence-corrected chi connectivity index (χ0v) is 14.3. The van der Waals surface area contributed by atoms with Crippen LogP contribution in [0.3, 0.4) is 0 Å². The first-order valence-electron chi connectivity index (χ1n) is 8.90. The first-order chi connectivity index (χ1) is 12.6. The average Bonchev–Trinajstić information content (AvgIpc) is 3.15. The van der Waals surface area contributed by atoms with E-state index in [9.17, 15) is 14.3 Å². The molecule has 1 aromatic carbocycles. The molecule has 1 N–H and O–H groups in total. The average molecular weight is 356 g/mol. The Labute approximate surface area is 151 Å². The fraction of sp³-hybridized carbons (Fsp3) is 0.400. The Bertz CT molecular complexity index is 782. The number of Topliss-reactive ketones (excluding diaryl/α,β-unsaturated/α-hetero) is 1. The van der Waals surface area contributed by atoms with Crippen LogP contribution in [0.4, 0.5) is 4.39 Å². The maximum Gasteiger partial charge on any atom is 0.195 e. The van der Waals surface area contributed by atoms with Crippen LogP contribution in [0.2, 0.25) is 0 Å². The van der Waals surface area contributed by atoms with E-state index in [4.69, 9.17) is 4.74 Å². The summed E-state index contributed by atoms with van der Waals surface area (Å²) in [6, 6.07) is 9.54. The molecule has 2 heterocycles. The van der Waals surface area contributed by atoms with E-state index < -0.39 is 0 Å². The monoisotopic (exact) mass is 356 g/mol. The number of aromatic nitrogens is 1. The van der Waals surface area contributed by atoms with E-state index in [-0.39, 0.29) is 23.5 Å². The Morgan fingerprint density at radius 2 is 1.92 bits per heavy atom. The summed E-state index contributed by atoms with van der Waals surface area (Å²) in [5, 5.41) is 9.26. The van der Waals surface area contributed by atoms with Crippen LogP contribution in [0.1, 0.15) is 23.3 Å². The van der Waals surface area contributed by atoms with Crippen LogP contribution >= 0.6 is 0 Å². The highest BCUT2D eigenvalue weighted by molar-refractivity contribution is 5.95. The lowest BCUT2D eigenvalue weighted by molar-refractivity contribution is 0.0931. The minimum atomic E-state index is -0.321. The fourth-order valence-corrected chi connectivity index (χ4v) is 4.12. The molecular weight excluding hydrogens is 335 g/mol. The molecule has 6 heteroatoms. The largest absolute Gasteiger partial charge is 0.506 e. The summed E-state index contributed by atoms with van der Waals surface area (Å²) in [5.41, 5.74) is 0.376. The highest BCUT2D eigenvalue weighted by atomic mass is 19.1. The van der Waals surface area contributed by atoms with E-state index in [1.54, 1.807) is 24.3 Å². The van der Waals surface area contributed by atoms with Crippen molar-refractivity contribution >= 4 is 5.78 Å². The standard InChI is InChI=1S/C20H21FN2O3/c21-17-3-1-2-4-20(17)26-16-7-13-10-23(11-14(13)8-16)12-19(25)18-6-5-15(24)9-22-18/h1-6,9,13-14,16,24H,7-8,10-12H2. The summed E-state index contributed by atoms with van der Waals surface area (Å²) in [4.78, 5) is 18.5. The second-order valence-corrected chi connectivity index (χ2v) is 7.18. The molecule has 0 spiro atoms. The highest BCUT2D eigenvalue weighted by Crippen LogP contribution is 2.40. The maximum absolute atomic E-state index is 13.7. The second kappa shape index (κ2) is 7.03. The number of halogens is 1. The van der Waals surface area contributed by atoms with Crippen molar-refractivity contribution in [3.8, 4) is 11.5 Å². The zero-order valence-electron chi connectivity index (χ0n) is 14.3. The van der Waals surface area contributed by atoms with Gasteiger partial charge in [-0.05, 0) is 48.9 Å². The predicted molar refractivity (Wildman–Crippen MR) is 93.7 cm³/mol. The molecule has 1 saturated carbocycles. The molecule has 2 fully saturated rings. The van der Waals surface area contributed by atoms with Gasteiger partial charge in [-0.2, -0.15) is 0 Å². The molecule has 2 aliphatic rings. The number of hydrogen-bond acceptors (Lipinski definition) is 5. The lowest BCUT2D eigenvalue weighted by Gasteiger charge is -2.19. The van der Waals surface area contributed by atoms with Gasteiger partial charge in [0.15, 0.2) is 17.3 Å². The third-order valence-corrected chi connectivity index (χ3v) is 5.31. The van der Waals surface area contributed by atoms with Crippen molar-refractivity contribution in [2.45, 2.75) is 18.9 Å². The number of aromatic hydroxyl groups is 1. The molecule has 136 valence electrons. The van der Waals surface area contributed by atoms with Gasteiger partial charge in [-0.25, -0.2) is 9.37 Å². The molecule has 1 aromatic heterocycles. The molecule has 2 aromatic rings. The molecule has 2 atom stereocenters. The summed E-state index contributed by atoms with van der Waals surface area (Å²) in [5.74, 6) is 0.975. The molecule has 0 radical (unpaired) electrons. The zero-order chi connectivity index (χ0) is 18.1. The minimum Gasteiger partial charge on any atom is -0.506 e. The van der Waals surface area contributed by atoms with E-state index in [1.165, 1.54) is 18.3 Å². The number of para-hydroxylation sites is 1. The molecule has 1 aliphatic carbocycles. The van der Waals surface area contributed by atoms with Crippen LogP contribution in [0.25, 0.3) is 0 Å². The van der Waals surface area contributed by atoms with Crippen molar-refractivity contribution < 1.29 is 19.0 Å². The van der Waals surface area contributed by atoms with E-state index in [2.05, 4.69) is 9.88 Å². The summed E-state index contributed by atoms with van der Waals surface area (Å²) < 4.78 is 19.6. The van der Waals surface area contributed by atoms with Crippen LogP contribution in [0, 0.1) is 17.7 Å². The number of ether oxygens (including phenoxy) is 1. The van der Waals surface area contributed by atoms with Crippen LogP contribution in [-0.2, 0) is 0 Å². The van der Waals surface area contributed by atoms with Gasteiger partial charge >= 0.3 is 0 Å². The predicted octanol–water partition coefficient (Wildman–Crippen LogP) is 2.90. The van der Waals surface area contributed by atoms with E-state index in [0.29, 0.717) is 29.8 Å². The Balaban J connectivity index is 1.30. The summed E-state index contributed by atoms with van der Waals surface area (Å²) in [7, 11) is 0. The van der Waals surface area contributed by atoms with Gasteiger partial charge in [0.2, 0.25) is 0 Å². The van der Waals surface area contributed by atoms with Crippen molar-refractivity contribution in [2.75, 3.05) is 19.6 Å². The highest BCUT2D eigenvalue weighted by Gasteiger charge is 2.42. The van der Waals surface area contributed by atoms with Crippen molar-refractivity contribution in [3.05, 3.63) is 54.1 Å². The van der Waals surface area contributed by atoms with Crippen molar-refractivity contribution in [1.82, 2.24) is 9.88 Å². The SMILES string of the molecule is O=C(CN1CC2CC(Oc3ccccc3F)CC2C1)c1ccc(O)cn1. The number of likely N-dealkylation sites (tertiary alicyclic amines) is 1. The summed E-state index contributed by atoms with van der Waals surface area (Å²) >= 11 is 0. The lowest BCUT2D eigenvalue weighted by Crippen LogP contribution is -2.30. The third kappa shape index (κ3) is 3.55. The Kier molecular flexibility index (Phi) is 4.59. The molecule has 5 nitrogen and oxygen atoms in total. The molecular formula is C20H21FN2O3. The first-order valence-corrected chi connectivity index (χ1v) is 8.90. The van der Waals surface area contributed by atoms with Gasteiger partial charge < -0.3 is 9.84 Å². The second-order valence-electron chi connectivity index (χ2n) is 7.18. The number of fused-ring (bicyclic) bond motifs is 1. The number of hydrogen-bond donors (Lipinski definition) is 1. The topological polar surface area (TPSA) is 62.7 Å². The summed E-state index contributed by atoms with van der Waals surface area (Å²) in [6.45, 7) is 2.04. The van der Waals surface area contributed by atoms with Crippen LogP contribution in [0.15, 0.2) is 42.6 Å². The third-order valence-electron chi connectivity index (χ3n) is 5.31. The lowest BCUT2D eigenvalue weighted by atomic mass is 10.0. The molecule has 0 amide bonds. The quantitative estimate of drug-likeness (QED) is 0.835. The van der Waals surface area contributed by atoms with Crippen molar-refractivity contribution in [2.24, 2.45) is 11.8 Å². The number of carbonyl (C=O) groups excluding carboxylic acids is 1. The molecule has 0 bridgehead atoms. The molecule has 2 unspecified atom stereocenters. The Hall–Kier alpha value is -2.47. The molecule has 1 aliphatic heterocycles. The van der Waals surface area contributed by atoms with Gasteiger partial charge in [-0.3, -0.25) is 9.69 Å². The fourth-order valence-electron chi connectivity index (χ4n) is 4.12. The maximum atomic E-state index is 13.7. The molecule has 1 saturated heterocycles. The van der Waals surface area contributed by atoms with Gasteiger partial charge in [0, 0.05) is 13.1 Å². The van der Waals surface area contributed by atoms with Crippen LogP contribution in [-0.4, -0.2) is 46.5 Å². The number of benzene rings is 1. The number of nitrogens with zero attached hydrogens (tertiary/aromatic N) is 2. The summed E-state index contributed by atoms with van der Waals surface area (Å²) in [6.07, 6.45) is 3.11. The number of rotatable bonds is 5. The Morgan fingerprint density at radius 3 is 2.58 bits per heavy atom. The van der Waals surface area contributed by atoms with Crippen molar-refractivity contribution in [1.29, 1.82) is 0 Å². The van der Waals surface area contributed by atoms with E-state index in [0.717, 1.165) is 25.9 Å². The number of ketones is 1. The smallest absolute Gasteiger partial charge is 0.195 e. The van der Waals surface area contributed by atoms with Gasteiger partial charge in [0.05, 0.1) is 18.8 Å². The minimum absolute atomic E-state index is 0.0378. The van der Waals surface area contributed by atoms with E-state index >= 15 is 0 Å². The van der Waals surface area contributed by atoms with Crippen LogP contribution < -0.4 is 4.74 Å². The van der Waals surface area contributed by atoms with Gasteiger partial charge in [0.1, 0.15) is 11.4 Å². The van der Waals surface area contributed by atoms with Crippen molar-refractivity contribution in [3.63, 3.8) is 0 Å². The van der Waals surface area contributed by atoms with Gasteiger partial charge in [-0.15, -0.1) is 0 Å². The van der Waals surface area contributed by atoms with Gasteiger partial charge in [0.25, 0.3) is 0 Å². The van der Waals surface area contributed by atoms with Crippen LogP contribution in [0.5, 0.6) is 11.5 Å². The normalized spacial score (nSPS) is 25.2. The number of carbonyl (C=O) groups is 1. The first kappa shape index (κ1) is 17.0. The van der Waals surface area contributed by atoms with E-state index in [1.807, 2.05) is 0 Å². The van der Waals surface area contributed by atoms with Gasteiger partial charge in [-0.1, -0.05) is 12.1 Å². The number of pyridine rings is 1. The molecule has 4 rings (SSSR count). The Morgan fingerprint density at radius 1 is 1.19 bits per heavy atom. The molecule has 26 heavy (non-hydrogen) atoms.